The second-order valence-corrected chi connectivity index (χ2v) is 6.72. The fraction of sp³-hybridized carbons (Fsp3) is 0.647. The molecule has 1 amide bonds. The van der Waals surface area contributed by atoms with E-state index in [0.29, 0.717) is 17.5 Å². The lowest BCUT2D eigenvalue weighted by Crippen LogP contribution is -2.42. The highest BCUT2D eigenvalue weighted by Gasteiger charge is 2.30. The van der Waals surface area contributed by atoms with Gasteiger partial charge in [0.1, 0.15) is 5.56 Å². The fourth-order valence-electron chi connectivity index (χ4n) is 3.32. The molecule has 0 bridgehead atoms. The zero-order valence-corrected chi connectivity index (χ0v) is 13.2. The average molecular weight is 288 g/mol. The van der Waals surface area contributed by atoms with Crippen LogP contribution in [0.1, 0.15) is 60.3 Å². The molecular formula is C17H24N2O2. The van der Waals surface area contributed by atoms with Crippen LogP contribution >= 0.6 is 0 Å². The molecule has 1 aromatic rings. The summed E-state index contributed by atoms with van der Waals surface area (Å²) >= 11 is 0. The number of rotatable bonds is 2. The zero-order chi connectivity index (χ0) is 15.1. The van der Waals surface area contributed by atoms with E-state index in [-0.39, 0.29) is 11.5 Å². The number of carbonyl (C=O) groups excluding carboxylic acids is 1. The summed E-state index contributed by atoms with van der Waals surface area (Å²) in [6, 6.07) is 2.30. The number of aryl methyl sites for hydroxylation is 2. The summed E-state index contributed by atoms with van der Waals surface area (Å²) in [5.74, 6) is 0.607. The average Bonchev–Trinajstić information content (AvgIpc) is 3.23. The van der Waals surface area contributed by atoms with Crippen LogP contribution in [-0.2, 0) is 0 Å². The van der Waals surface area contributed by atoms with Gasteiger partial charge in [0.05, 0.1) is 0 Å². The highest BCUT2D eigenvalue weighted by Crippen LogP contribution is 2.34. The second-order valence-electron chi connectivity index (χ2n) is 6.72. The van der Waals surface area contributed by atoms with Gasteiger partial charge in [-0.25, -0.2) is 0 Å². The predicted octanol–water partition coefficient (Wildman–Crippen LogP) is 2.67. The van der Waals surface area contributed by atoms with Crippen LogP contribution in [0.15, 0.2) is 10.9 Å². The summed E-state index contributed by atoms with van der Waals surface area (Å²) in [5, 5.41) is 0. The van der Waals surface area contributed by atoms with Crippen molar-refractivity contribution in [3.63, 3.8) is 0 Å². The molecule has 1 aromatic heterocycles. The van der Waals surface area contributed by atoms with Crippen LogP contribution in [0.25, 0.3) is 0 Å². The van der Waals surface area contributed by atoms with E-state index in [4.69, 9.17) is 0 Å². The van der Waals surface area contributed by atoms with Gasteiger partial charge >= 0.3 is 0 Å². The van der Waals surface area contributed by atoms with Gasteiger partial charge in [0.25, 0.3) is 11.5 Å². The van der Waals surface area contributed by atoms with E-state index in [0.717, 1.165) is 50.0 Å². The summed E-state index contributed by atoms with van der Waals surface area (Å²) in [7, 11) is 0. The minimum Gasteiger partial charge on any atom is -0.338 e. The Morgan fingerprint density at radius 3 is 2.33 bits per heavy atom. The number of hydrogen-bond acceptors (Lipinski definition) is 2. The molecule has 1 aliphatic carbocycles. The van der Waals surface area contributed by atoms with E-state index in [1.165, 1.54) is 0 Å². The maximum Gasteiger partial charge on any atom is 0.264 e. The van der Waals surface area contributed by atoms with Gasteiger partial charge in [-0.2, -0.15) is 0 Å². The Balaban J connectivity index is 1.96. The third-order valence-electron chi connectivity index (χ3n) is 4.83. The monoisotopic (exact) mass is 288 g/mol. The number of aromatic nitrogens is 1. The van der Waals surface area contributed by atoms with Crippen molar-refractivity contribution in [3.8, 4) is 0 Å². The van der Waals surface area contributed by atoms with Crippen molar-refractivity contribution in [3.05, 3.63) is 33.2 Å². The molecule has 21 heavy (non-hydrogen) atoms. The van der Waals surface area contributed by atoms with Gasteiger partial charge in [0.2, 0.25) is 0 Å². The van der Waals surface area contributed by atoms with Gasteiger partial charge in [0, 0.05) is 24.8 Å². The van der Waals surface area contributed by atoms with Crippen LogP contribution in [0.3, 0.4) is 0 Å². The lowest BCUT2D eigenvalue weighted by Gasteiger charge is -2.30. The molecule has 1 saturated heterocycles. The van der Waals surface area contributed by atoms with Crippen LogP contribution in [0.5, 0.6) is 0 Å². The highest BCUT2D eigenvalue weighted by molar-refractivity contribution is 5.95. The van der Waals surface area contributed by atoms with E-state index in [1.807, 2.05) is 29.4 Å². The molecule has 0 N–H and O–H groups in total. The topological polar surface area (TPSA) is 42.3 Å². The molecule has 4 heteroatoms. The molecule has 3 rings (SSSR count). The first kappa shape index (κ1) is 14.4. The van der Waals surface area contributed by atoms with Crippen LogP contribution in [0.4, 0.5) is 0 Å². The van der Waals surface area contributed by atoms with Crippen LogP contribution in [0, 0.1) is 19.8 Å². The van der Waals surface area contributed by atoms with Gasteiger partial charge in [-0.15, -0.1) is 0 Å². The Kier molecular flexibility index (Phi) is 3.64. The van der Waals surface area contributed by atoms with Gasteiger partial charge in [-0.1, -0.05) is 6.92 Å². The third-order valence-corrected chi connectivity index (χ3v) is 4.83. The smallest absolute Gasteiger partial charge is 0.264 e. The van der Waals surface area contributed by atoms with E-state index in [1.54, 1.807) is 0 Å². The van der Waals surface area contributed by atoms with E-state index < -0.39 is 0 Å². The standard InChI is InChI=1S/C17H24N2O2/c1-11-6-8-18(9-7-11)16(20)15-12(2)10-13(3)19(17(15)21)14-4-5-14/h10-11,14H,4-9H2,1-3H3. The Morgan fingerprint density at radius 2 is 1.76 bits per heavy atom. The molecule has 4 nitrogen and oxygen atoms in total. The van der Waals surface area contributed by atoms with Crippen molar-refractivity contribution < 1.29 is 4.79 Å². The van der Waals surface area contributed by atoms with Crippen molar-refractivity contribution in [2.75, 3.05) is 13.1 Å². The maximum absolute atomic E-state index is 12.8. The second kappa shape index (κ2) is 5.32. The summed E-state index contributed by atoms with van der Waals surface area (Å²) in [6.45, 7) is 7.61. The SMILES string of the molecule is Cc1cc(C)n(C2CC2)c(=O)c1C(=O)N1CCC(C)CC1. The molecule has 0 unspecified atom stereocenters. The normalized spacial score (nSPS) is 19.9. The van der Waals surface area contributed by atoms with Gasteiger partial charge in [-0.05, 0) is 57.1 Å². The van der Waals surface area contributed by atoms with Crippen molar-refractivity contribution >= 4 is 5.91 Å². The molecule has 2 heterocycles. The molecule has 114 valence electrons. The Labute approximate surface area is 125 Å². The van der Waals surface area contributed by atoms with Gasteiger partial charge in [0.15, 0.2) is 0 Å². The predicted molar refractivity (Wildman–Crippen MR) is 82.7 cm³/mol. The van der Waals surface area contributed by atoms with Crippen molar-refractivity contribution in [1.82, 2.24) is 9.47 Å². The Morgan fingerprint density at radius 1 is 1.14 bits per heavy atom. The Bertz CT molecular complexity index is 620. The molecule has 1 saturated carbocycles. The number of hydrogen-bond donors (Lipinski definition) is 0. The first-order valence-corrected chi connectivity index (χ1v) is 8.01. The molecular weight excluding hydrogens is 264 g/mol. The number of likely N-dealkylation sites (tertiary alicyclic amines) is 1. The quantitative estimate of drug-likeness (QED) is 0.839. The van der Waals surface area contributed by atoms with Crippen molar-refractivity contribution in [2.45, 2.75) is 52.5 Å². The number of nitrogens with zero attached hydrogens (tertiary/aromatic N) is 2. The van der Waals surface area contributed by atoms with Crippen molar-refractivity contribution in [1.29, 1.82) is 0 Å². The molecule has 0 aromatic carbocycles. The van der Waals surface area contributed by atoms with E-state index in [2.05, 4.69) is 6.92 Å². The minimum absolute atomic E-state index is 0.0706. The maximum atomic E-state index is 12.8. The highest BCUT2D eigenvalue weighted by atomic mass is 16.2. The van der Waals surface area contributed by atoms with Crippen LogP contribution in [-0.4, -0.2) is 28.5 Å². The molecule has 2 fully saturated rings. The number of piperidine rings is 1. The lowest BCUT2D eigenvalue weighted by molar-refractivity contribution is 0.0694. The Hall–Kier alpha value is -1.58. The first-order valence-electron chi connectivity index (χ1n) is 8.01. The summed E-state index contributed by atoms with van der Waals surface area (Å²) in [6.07, 6.45) is 4.18. The minimum atomic E-state index is -0.0846. The molecule has 0 atom stereocenters. The van der Waals surface area contributed by atoms with Crippen LogP contribution < -0.4 is 5.56 Å². The number of carbonyl (C=O) groups is 1. The fourth-order valence-corrected chi connectivity index (χ4v) is 3.32. The summed E-state index contributed by atoms with van der Waals surface area (Å²) in [4.78, 5) is 27.4. The summed E-state index contributed by atoms with van der Waals surface area (Å²) in [5.41, 5.74) is 2.10. The van der Waals surface area contributed by atoms with Gasteiger partial charge in [-0.3, -0.25) is 9.59 Å². The van der Waals surface area contributed by atoms with Crippen molar-refractivity contribution in [2.24, 2.45) is 5.92 Å². The lowest BCUT2D eigenvalue weighted by atomic mass is 9.98. The number of pyridine rings is 1. The van der Waals surface area contributed by atoms with E-state index in [9.17, 15) is 9.59 Å². The number of amides is 1. The van der Waals surface area contributed by atoms with Gasteiger partial charge < -0.3 is 9.47 Å². The van der Waals surface area contributed by atoms with Crippen LogP contribution in [0.2, 0.25) is 0 Å². The molecule has 0 radical (unpaired) electrons. The zero-order valence-electron chi connectivity index (χ0n) is 13.2. The van der Waals surface area contributed by atoms with E-state index >= 15 is 0 Å². The third kappa shape index (κ3) is 2.63. The molecule has 0 spiro atoms. The summed E-state index contributed by atoms with van der Waals surface area (Å²) < 4.78 is 1.83. The molecule has 2 aliphatic rings. The largest absolute Gasteiger partial charge is 0.338 e. The molecule has 1 aliphatic heterocycles. The first-order chi connectivity index (χ1) is 9.99.